The van der Waals surface area contributed by atoms with Crippen LogP contribution in [0.1, 0.15) is 51.6 Å². The van der Waals surface area contributed by atoms with E-state index in [0.717, 1.165) is 31.4 Å². The maximum absolute atomic E-state index is 6.38. The number of benzene rings is 1. The van der Waals surface area contributed by atoms with Crippen molar-refractivity contribution in [3.63, 3.8) is 0 Å². The highest BCUT2D eigenvalue weighted by Gasteiger charge is 2.25. The summed E-state index contributed by atoms with van der Waals surface area (Å²) in [4.78, 5) is 0. The lowest BCUT2D eigenvalue weighted by molar-refractivity contribution is 0.0276. The van der Waals surface area contributed by atoms with Crippen LogP contribution < -0.4 is 5.32 Å². The summed E-state index contributed by atoms with van der Waals surface area (Å²) in [6, 6.07) is 5.88. The van der Waals surface area contributed by atoms with Crippen molar-refractivity contribution < 1.29 is 4.74 Å². The fourth-order valence-electron chi connectivity index (χ4n) is 2.35. The van der Waals surface area contributed by atoms with E-state index < -0.39 is 0 Å². The van der Waals surface area contributed by atoms with E-state index in [1.54, 1.807) is 0 Å². The first-order chi connectivity index (χ1) is 9.65. The van der Waals surface area contributed by atoms with Crippen molar-refractivity contribution >= 4 is 23.2 Å². The highest BCUT2D eigenvalue weighted by molar-refractivity contribution is 6.42. The van der Waals surface area contributed by atoms with Gasteiger partial charge in [-0.2, -0.15) is 0 Å². The SMILES string of the molecule is CCCNC(c1cccc(Cl)c1Cl)C(CCC)OCC. The Balaban J connectivity index is 3.05. The summed E-state index contributed by atoms with van der Waals surface area (Å²) in [5.41, 5.74) is 1.03. The Hall–Kier alpha value is -0.280. The third kappa shape index (κ3) is 4.92. The second-order valence-electron chi connectivity index (χ2n) is 4.86. The molecule has 2 atom stereocenters. The fourth-order valence-corrected chi connectivity index (χ4v) is 2.77. The van der Waals surface area contributed by atoms with Crippen molar-refractivity contribution in [3.05, 3.63) is 33.8 Å². The van der Waals surface area contributed by atoms with Crippen molar-refractivity contribution in [3.8, 4) is 0 Å². The summed E-state index contributed by atoms with van der Waals surface area (Å²) in [6.07, 6.45) is 3.26. The van der Waals surface area contributed by atoms with Gasteiger partial charge in [-0.3, -0.25) is 0 Å². The minimum Gasteiger partial charge on any atom is -0.377 e. The predicted molar refractivity (Wildman–Crippen MR) is 87.8 cm³/mol. The van der Waals surface area contributed by atoms with Crippen LogP contribution in [-0.2, 0) is 4.74 Å². The van der Waals surface area contributed by atoms with E-state index in [1.807, 2.05) is 25.1 Å². The van der Waals surface area contributed by atoms with Crippen LogP contribution in [-0.4, -0.2) is 19.3 Å². The van der Waals surface area contributed by atoms with Crippen molar-refractivity contribution in [2.75, 3.05) is 13.2 Å². The third-order valence-electron chi connectivity index (χ3n) is 3.26. The second kappa shape index (κ2) is 9.62. The van der Waals surface area contributed by atoms with Gasteiger partial charge in [0.15, 0.2) is 0 Å². The topological polar surface area (TPSA) is 21.3 Å². The lowest BCUT2D eigenvalue weighted by Crippen LogP contribution is -2.34. The summed E-state index contributed by atoms with van der Waals surface area (Å²) in [5, 5.41) is 4.78. The molecule has 0 fully saturated rings. The lowest BCUT2D eigenvalue weighted by atomic mass is 9.97. The van der Waals surface area contributed by atoms with E-state index in [1.165, 1.54) is 0 Å². The molecule has 1 aromatic rings. The molecule has 2 nitrogen and oxygen atoms in total. The van der Waals surface area contributed by atoms with Gasteiger partial charge in [-0.15, -0.1) is 0 Å². The van der Waals surface area contributed by atoms with Crippen molar-refractivity contribution in [1.29, 1.82) is 0 Å². The molecule has 0 bridgehead atoms. The maximum atomic E-state index is 6.38. The smallest absolute Gasteiger partial charge is 0.0770 e. The van der Waals surface area contributed by atoms with E-state index in [9.17, 15) is 0 Å². The summed E-state index contributed by atoms with van der Waals surface area (Å²) >= 11 is 12.5. The van der Waals surface area contributed by atoms with Gasteiger partial charge in [0, 0.05) is 6.61 Å². The molecule has 20 heavy (non-hydrogen) atoms. The van der Waals surface area contributed by atoms with Crippen LogP contribution in [0.4, 0.5) is 0 Å². The van der Waals surface area contributed by atoms with Gasteiger partial charge in [0.2, 0.25) is 0 Å². The van der Waals surface area contributed by atoms with Crippen LogP contribution >= 0.6 is 23.2 Å². The Kier molecular flexibility index (Phi) is 8.55. The Morgan fingerprint density at radius 2 is 1.90 bits per heavy atom. The molecular formula is C16H25Cl2NO. The lowest BCUT2D eigenvalue weighted by Gasteiger charge is -2.29. The van der Waals surface area contributed by atoms with Crippen LogP contribution in [0.15, 0.2) is 18.2 Å². The summed E-state index contributed by atoms with van der Waals surface area (Å²) in [7, 11) is 0. The zero-order valence-electron chi connectivity index (χ0n) is 12.6. The van der Waals surface area contributed by atoms with Crippen LogP contribution in [0.2, 0.25) is 10.0 Å². The average Bonchev–Trinajstić information content (AvgIpc) is 2.44. The molecule has 4 heteroatoms. The minimum absolute atomic E-state index is 0.0843. The molecule has 1 rings (SSSR count). The van der Waals surface area contributed by atoms with Gasteiger partial charge in [0.05, 0.1) is 22.2 Å². The molecule has 0 saturated carbocycles. The summed E-state index contributed by atoms with van der Waals surface area (Å²) in [6.45, 7) is 7.98. The molecule has 0 aliphatic carbocycles. The molecule has 0 aromatic heterocycles. The predicted octanol–water partition coefficient (Wildman–Crippen LogP) is 5.24. The number of rotatable bonds is 9. The Labute approximate surface area is 132 Å². The summed E-state index contributed by atoms with van der Waals surface area (Å²) < 4.78 is 5.93. The zero-order valence-corrected chi connectivity index (χ0v) is 14.1. The minimum atomic E-state index is 0.0843. The summed E-state index contributed by atoms with van der Waals surface area (Å²) in [5.74, 6) is 0. The van der Waals surface area contributed by atoms with Gasteiger partial charge in [0.1, 0.15) is 0 Å². The molecule has 0 aliphatic rings. The van der Waals surface area contributed by atoms with Gasteiger partial charge in [-0.25, -0.2) is 0 Å². The van der Waals surface area contributed by atoms with Crippen molar-refractivity contribution in [2.24, 2.45) is 0 Å². The highest BCUT2D eigenvalue weighted by atomic mass is 35.5. The van der Waals surface area contributed by atoms with E-state index >= 15 is 0 Å². The Morgan fingerprint density at radius 1 is 1.15 bits per heavy atom. The van der Waals surface area contributed by atoms with Crippen molar-refractivity contribution in [1.82, 2.24) is 5.32 Å². The van der Waals surface area contributed by atoms with Crippen LogP contribution in [0, 0.1) is 0 Å². The first kappa shape index (κ1) is 17.8. The van der Waals surface area contributed by atoms with Crippen LogP contribution in [0.25, 0.3) is 0 Å². The van der Waals surface area contributed by atoms with E-state index in [-0.39, 0.29) is 12.1 Å². The number of hydrogen-bond acceptors (Lipinski definition) is 2. The van der Waals surface area contributed by atoms with Gasteiger partial charge in [-0.1, -0.05) is 55.6 Å². The van der Waals surface area contributed by atoms with Gasteiger partial charge < -0.3 is 10.1 Å². The molecule has 114 valence electrons. The molecular weight excluding hydrogens is 293 g/mol. The van der Waals surface area contributed by atoms with Crippen molar-refractivity contribution in [2.45, 2.75) is 52.2 Å². The molecule has 0 spiro atoms. The van der Waals surface area contributed by atoms with Gasteiger partial charge in [0.25, 0.3) is 0 Å². The normalized spacial score (nSPS) is 14.2. The quantitative estimate of drug-likeness (QED) is 0.672. The van der Waals surface area contributed by atoms with Gasteiger partial charge >= 0.3 is 0 Å². The average molecular weight is 318 g/mol. The second-order valence-corrected chi connectivity index (χ2v) is 5.64. The first-order valence-electron chi connectivity index (χ1n) is 7.44. The molecule has 1 N–H and O–H groups in total. The number of ether oxygens (including phenoxy) is 1. The van der Waals surface area contributed by atoms with E-state index in [0.29, 0.717) is 16.7 Å². The number of hydrogen-bond donors (Lipinski definition) is 1. The van der Waals surface area contributed by atoms with Crippen LogP contribution in [0.3, 0.4) is 0 Å². The third-order valence-corrected chi connectivity index (χ3v) is 4.09. The number of halogens is 2. The molecule has 0 heterocycles. The van der Waals surface area contributed by atoms with Gasteiger partial charge in [-0.05, 0) is 37.9 Å². The zero-order chi connectivity index (χ0) is 15.0. The Bertz CT molecular complexity index is 392. The van der Waals surface area contributed by atoms with E-state index in [2.05, 4.69) is 19.2 Å². The molecule has 0 saturated heterocycles. The van der Waals surface area contributed by atoms with E-state index in [4.69, 9.17) is 27.9 Å². The monoisotopic (exact) mass is 317 g/mol. The highest BCUT2D eigenvalue weighted by Crippen LogP contribution is 2.33. The maximum Gasteiger partial charge on any atom is 0.0770 e. The molecule has 0 aliphatic heterocycles. The standard InChI is InChI=1S/C16H25Cl2NO/c1-4-8-14(20-6-3)16(19-11-5-2)12-9-7-10-13(17)15(12)18/h7,9-10,14,16,19H,4-6,8,11H2,1-3H3. The van der Waals surface area contributed by atoms with Crippen LogP contribution in [0.5, 0.6) is 0 Å². The molecule has 1 aromatic carbocycles. The number of nitrogens with one attached hydrogen (secondary N) is 1. The largest absolute Gasteiger partial charge is 0.377 e. The Morgan fingerprint density at radius 3 is 2.50 bits per heavy atom. The molecule has 2 unspecified atom stereocenters. The fraction of sp³-hybridized carbons (Fsp3) is 0.625. The molecule has 0 amide bonds. The first-order valence-corrected chi connectivity index (χ1v) is 8.20. The molecule has 0 radical (unpaired) electrons.